The number of aryl methyl sites for hydroxylation is 1. The van der Waals surface area contributed by atoms with Crippen molar-refractivity contribution in [2.45, 2.75) is 33.2 Å². The molecule has 3 rings (SSSR count). The van der Waals surface area contributed by atoms with Crippen LogP contribution in [0.15, 0.2) is 59.7 Å². The van der Waals surface area contributed by atoms with Gasteiger partial charge >= 0.3 is 5.97 Å². The van der Waals surface area contributed by atoms with Gasteiger partial charge in [0.15, 0.2) is 0 Å². The van der Waals surface area contributed by atoms with Crippen molar-refractivity contribution in [3.63, 3.8) is 0 Å². The number of hydrogen-bond acceptors (Lipinski definition) is 4. The number of rotatable bonds is 3. The van der Waals surface area contributed by atoms with E-state index in [2.05, 4.69) is 5.10 Å². The fraction of sp³-hybridized carbons (Fsp3) is 0.300. The van der Waals surface area contributed by atoms with Gasteiger partial charge in [0.1, 0.15) is 5.71 Å². The Morgan fingerprint density at radius 1 is 1.24 bits per heavy atom. The Balaban J connectivity index is 0.000000316. The lowest BCUT2D eigenvalue weighted by molar-refractivity contribution is -0.135. The minimum atomic E-state index is -0.347. The van der Waals surface area contributed by atoms with E-state index in [-0.39, 0.29) is 12.0 Å². The molecule has 0 aliphatic carbocycles. The van der Waals surface area contributed by atoms with E-state index in [1.54, 1.807) is 11.9 Å². The highest BCUT2D eigenvalue weighted by molar-refractivity contribution is 6.37. The number of ether oxygens (including phenoxy) is 1. The van der Waals surface area contributed by atoms with E-state index in [9.17, 15) is 4.79 Å². The minimum Gasteiger partial charge on any atom is -0.461 e. The maximum absolute atomic E-state index is 11.7. The van der Waals surface area contributed by atoms with Gasteiger partial charge in [-0.15, -0.1) is 0 Å². The molecule has 0 radical (unpaired) electrons. The average molecular weight is 359 g/mol. The van der Waals surface area contributed by atoms with Crippen molar-refractivity contribution in [1.29, 1.82) is 0 Å². The predicted molar refractivity (Wildman–Crippen MR) is 103 cm³/mol. The summed E-state index contributed by atoms with van der Waals surface area (Å²) < 4.78 is 4.98. The highest BCUT2D eigenvalue weighted by atomic mass is 35.5. The molecule has 0 N–H and O–H groups in total. The summed E-state index contributed by atoms with van der Waals surface area (Å²) in [7, 11) is 0. The largest absolute Gasteiger partial charge is 0.461 e. The standard InChI is InChI=1S/C14H17ClN2O2.C6H6/c1-4-19-14(18)12-8-10(3)17(16-12)13-6-5-9(2)7-11(13)15;1-2-4-6-5-3-1/h5-7,10H,4,8H2,1-3H3;1-6H. The average Bonchev–Trinajstić information content (AvgIpc) is 2.99. The number of carbonyl (C=O) groups excluding carboxylic acids is 1. The van der Waals surface area contributed by atoms with E-state index in [4.69, 9.17) is 16.3 Å². The van der Waals surface area contributed by atoms with Crippen LogP contribution >= 0.6 is 11.6 Å². The van der Waals surface area contributed by atoms with Gasteiger partial charge in [0, 0.05) is 6.42 Å². The third kappa shape index (κ3) is 5.33. The molecule has 2 aromatic rings. The molecular weight excluding hydrogens is 336 g/mol. The first-order valence-corrected chi connectivity index (χ1v) is 8.70. The summed E-state index contributed by atoms with van der Waals surface area (Å²) in [6.07, 6.45) is 0.572. The van der Waals surface area contributed by atoms with Crippen LogP contribution in [0.1, 0.15) is 25.8 Å². The summed E-state index contributed by atoms with van der Waals surface area (Å²) in [6, 6.07) is 17.9. The maximum Gasteiger partial charge on any atom is 0.354 e. The number of benzene rings is 2. The van der Waals surface area contributed by atoms with Crippen LogP contribution in [-0.4, -0.2) is 24.3 Å². The lowest BCUT2D eigenvalue weighted by atomic mass is 10.1. The molecule has 0 spiro atoms. The summed E-state index contributed by atoms with van der Waals surface area (Å²) in [5.74, 6) is -0.347. The fourth-order valence-electron chi connectivity index (χ4n) is 2.45. The monoisotopic (exact) mass is 358 g/mol. The Hall–Kier alpha value is -2.33. The summed E-state index contributed by atoms with van der Waals surface area (Å²) in [5, 5.41) is 6.76. The van der Waals surface area contributed by atoms with Crippen molar-refractivity contribution in [3.05, 3.63) is 65.2 Å². The molecule has 0 amide bonds. The molecule has 1 atom stereocenters. The van der Waals surface area contributed by atoms with E-state index in [0.29, 0.717) is 23.8 Å². The number of hydrazone groups is 1. The molecule has 5 heteroatoms. The molecule has 2 aromatic carbocycles. The van der Waals surface area contributed by atoms with E-state index in [1.165, 1.54) is 0 Å². The van der Waals surface area contributed by atoms with Crippen molar-refractivity contribution in [2.75, 3.05) is 11.6 Å². The van der Waals surface area contributed by atoms with Crippen LogP contribution in [0.2, 0.25) is 5.02 Å². The Labute approximate surface area is 154 Å². The molecule has 4 nitrogen and oxygen atoms in total. The smallest absolute Gasteiger partial charge is 0.354 e. The van der Waals surface area contributed by atoms with Crippen molar-refractivity contribution >= 4 is 29.0 Å². The highest BCUT2D eigenvalue weighted by Gasteiger charge is 2.29. The van der Waals surface area contributed by atoms with Gasteiger partial charge in [-0.2, -0.15) is 5.10 Å². The predicted octanol–water partition coefficient (Wildman–Crippen LogP) is 4.85. The highest BCUT2D eigenvalue weighted by Crippen LogP contribution is 2.32. The van der Waals surface area contributed by atoms with E-state index in [0.717, 1.165) is 11.3 Å². The number of esters is 1. The SMILES string of the molecule is CCOC(=O)C1=NN(c2ccc(C)cc2Cl)C(C)C1.c1ccccc1. The molecule has 0 aromatic heterocycles. The van der Waals surface area contributed by atoms with Gasteiger partial charge in [0.05, 0.1) is 23.4 Å². The quantitative estimate of drug-likeness (QED) is 0.736. The number of halogens is 1. The van der Waals surface area contributed by atoms with Crippen molar-refractivity contribution in [1.82, 2.24) is 0 Å². The third-order valence-electron chi connectivity index (χ3n) is 3.66. The van der Waals surface area contributed by atoms with Crippen LogP contribution in [0.3, 0.4) is 0 Å². The lowest BCUT2D eigenvalue weighted by Gasteiger charge is -2.21. The van der Waals surface area contributed by atoms with E-state index >= 15 is 0 Å². The number of nitrogens with zero attached hydrogens (tertiary/aromatic N) is 2. The Morgan fingerprint density at radius 2 is 1.84 bits per heavy atom. The van der Waals surface area contributed by atoms with Crippen LogP contribution < -0.4 is 5.01 Å². The first kappa shape index (κ1) is 19.0. The van der Waals surface area contributed by atoms with Crippen LogP contribution in [0.25, 0.3) is 0 Å². The van der Waals surface area contributed by atoms with Gasteiger partial charge in [0.2, 0.25) is 0 Å². The number of carbonyl (C=O) groups is 1. The first-order chi connectivity index (χ1) is 12.0. The van der Waals surface area contributed by atoms with Crippen molar-refractivity contribution in [3.8, 4) is 0 Å². The summed E-state index contributed by atoms with van der Waals surface area (Å²) in [6.45, 7) is 6.13. The van der Waals surface area contributed by atoms with Crippen LogP contribution in [0.5, 0.6) is 0 Å². The molecular formula is C20H23ClN2O2. The molecule has 25 heavy (non-hydrogen) atoms. The first-order valence-electron chi connectivity index (χ1n) is 8.33. The summed E-state index contributed by atoms with van der Waals surface area (Å²) in [5.41, 5.74) is 2.36. The summed E-state index contributed by atoms with van der Waals surface area (Å²) in [4.78, 5) is 11.7. The second kappa shape index (κ2) is 9.23. The number of anilines is 1. The summed E-state index contributed by atoms with van der Waals surface area (Å²) >= 11 is 6.24. The Kier molecular flexibility index (Phi) is 7.02. The molecule has 0 saturated heterocycles. The zero-order valence-electron chi connectivity index (χ0n) is 14.8. The van der Waals surface area contributed by atoms with Crippen molar-refractivity contribution in [2.24, 2.45) is 5.10 Å². The topological polar surface area (TPSA) is 41.9 Å². The zero-order chi connectivity index (χ0) is 18.2. The van der Waals surface area contributed by atoms with Gasteiger partial charge in [-0.1, -0.05) is 54.1 Å². The van der Waals surface area contributed by atoms with Crippen LogP contribution in [-0.2, 0) is 9.53 Å². The lowest BCUT2D eigenvalue weighted by Crippen LogP contribution is -2.23. The van der Waals surface area contributed by atoms with Crippen LogP contribution in [0.4, 0.5) is 5.69 Å². The maximum atomic E-state index is 11.7. The molecule has 1 heterocycles. The second-order valence-electron chi connectivity index (χ2n) is 5.77. The molecule has 0 fully saturated rings. The Bertz CT molecular complexity index is 705. The van der Waals surface area contributed by atoms with Gasteiger partial charge < -0.3 is 4.74 Å². The Morgan fingerprint density at radius 3 is 2.36 bits per heavy atom. The van der Waals surface area contributed by atoms with Gasteiger partial charge in [-0.05, 0) is 38.5 Å². The van der Waals surface area contributed by atoms with Gasteiger partial charge in [-0.3, -0.25) is 5.01 Å². The molecule has 1 aliphatic rings. The minimum absolute atomic E-state index is 0.0969. The molecule has 132 valence electrons. The molecule has 1 aliphatic heterocycles. The third-order valence-corrected chi connectivity index (χ3v) is 3.97. The van der Waals surface area contributed by atoms with E-state index in [1.807, 2.05) is 68.4 Å². The molecule has 1 unspecified atom stereocenters. The van der Waals surface area contributed by atoms with Crippen LogP contribution in [0, 0.1) is 6.92 Å². The van der Waals surface area contributed by atoms with Crippen molar-refractivity contribution < 1.29 is 9.53 Å². The van der Waals surface area contributed by atoms with Gasteiger partial charge in [-0.25, -0.2) is 4.79 Å². The number of hydrogen-bond donors (Lipinski definition) is 0. The van der Waals surface area contributed by atoms with Gasteiger partial charge in [0.25, 0.3) is 0 Å². The second-order valence-corrected chi connectivity index (χ2v) is 6.18. The fourth-order valence-corrected chi connectivity index (χ4v) is 2.77. The van der Waals surface area contributed by atoms with E-state index < -0.39 is 0 Å². The molecule has 0 bridgehead atoms. The zero-order valence-corrected chi connectivity index (χ0v) is 15.5. The molecule has 0 saturated carbocycles. The normalized spacial score (nSPS) is 15.9.